The van der Waals surface area contributed by atoms with Crippen LogP contribution in [0, 0.1) is 5.82 Å². The molecule has 3 aromatic carbocycles. The van der Waals surface area contributed by atoms with Crippen LogP contribution in [0.15, 0.2) is 66.7 Å². The van der Waals surface area contributed by atoms with Crippen molar-refractivity contribution in [2.24, 2.45) is 0 Å². The number of hydrogen-bond acceptors (Lipinski definition) is 4. The summed E-state index contributed by atoms with van der Waals surface area (Å²) in [5.74, 6) is -1.10. The number of aromatic carboxylic acids is 1. The largest absolute Gasteiger partial charge is 0.490 e. The fourth-order valence-electron chi connectivity index (χ4n) is 3.07. The van der Waals surface area contributed by atoms with Crippen LogP contribution < -0.4 is 14.8 Å². The summed E-state index contributed by atoms with van der Waals surface area (Å²) in [4.78, 5) is 24.4. The van der Waals surface area contributed by atoms with E-state index in [1.807, 2.05) is 0 Å². The number of nitrogens with one attached hydrogen (secondary N) is 1. The van der Waals surface area contributed by atoms with Gasteiger partial charge in [0.2, 0.25) is 0 Å². The Morgan fingerprint density at radius 1 is 1.00 bits per heavy atom. The molecular formula is C24H21ClFNO5. The smallest absolute Gasteiger partial charge is 0.336 e. The number of rotatable bonds is 9. The van der Waals surface area contributed by atoms with E-state index in [1.54, 1.807) is 37.3 Å². The number of amides is 1. The van der Waals surface area contributed by atoms with Crippen molar-refractivity contribution in [2.45, 2.75) is 13.0 Å². The normalized spacial score (nSPS) is 11.5. The van der Waals surface area contributed by atoms with Crippen LogP contribution in [0.4, 0.5) is 4.39 Å². The van der Waals surface area contributed by atoms with Gasteiger partial charge in [0, 0.05) is 5.02 Å². The molecule has 6 nitrogen and oxygen atoms in total. The number of benzene rings is 3. The fourth-order valence-corrected chi connectivity index (χ4v) is 3.24. The van der Waals surface area contributed by atoms with E-state index >= 15 is 0 Å². The van der Waals surface area contributed by atoms with E-state index in [2.05, 4.69) is 5.32 Å². The zero-order valence-corrected chi connectivity index (χ0v) is 17.9. The van der Waals surface area contributed by atoms with Crippen molar-refractivity contribution < 1.29 is 28.6 Å². The number of carboxylic acid groups (broad SMARTS) is 1. The second kappa shape index (κ2) is 10.6. The van der Waals surface area contributed by atoms with Crippen molar-refractivity contribution in [1.82, 2.24) is 5.32 Å². The highest BCUT2D eigenvalue weighted by Crippen LogP contribution is 2.25. The van der Waals surface area contributed by atoms with Crippen LogP contribution in [0.25, 0.3) is 0 Å². The van der Waals surface area contributed by atoms with Gasteiger partial charge in [-0.15, -0.1) is 0 Å². The Morgan fingerprint density at radius 3 is 2.41 bits per heavy atom. The Morgan fingerprint density at radius 2 is 1.69 bits per heavy atom. The summed E-state index contributed by atoms with van der Waals surface area (Å²) in [6.07, 6.45) is 0. The predicted molar refractivity (Wildman–Crippen MR) is 118 cm³/mol. The van der Waals surface area contributed by atoms with E-state index in [9.17, 15) is 19.1 Å². The molecule has 0 radical (unpaired) electrons. The number of carbonyl (C=O) groups is 2. The third-order valence-electron chi connectivity index (χ3n) is 4.61. The van der Waals surface area contributed by atoms with Crippen molar-refractivity contribution in [3.63, 3.8) is 0 Å². The first-order chi connectivity index (χ1) is 15.3. The first kappa shape index (κ1) is 23.1. The molecule has 0 spiro atoms. The third-order valence-corrected chi connectivity index (χ3v) is 4.85. The van der Waals surface area contributed by atoms with Gasteiger partial charge >= 0.3 is 5.97 Å². The average molecular weight is 458 g/mol. The van der Waals surface area contributed by atoms with Gasteiger partial charge in [0.15, 0.2) is 0 Å². The van der Waals surface area contributed by atoms with Gasteiger partial charge in [-0.05, 0) is 61.0 Å². The monoisotopic (exact) mass is 457 g/mol. The maximum atomic E-state index is 13.0. The van der Waals surface area contributed by atoms with Gasteiger partial charge in [0.1, 0.15) is 30.5 Å². The van der Waals surface area contributed by atoms with Crippen molar-refractivity contribution >= 4 is 23.5 Å². The molecule has 0 bridgehead atoms. The van der Waals surface area contributed by atoms with Gasteiger partial charge in [-0.25, -0.2) is 9.18 Å². The zero-order valence-electron chi connectivity index (χ0n) is 17.2. The van der Waals surface area contributed by atoms with Gasteiger partial charge in [-0.1, -0.05) is 29.8 Å². The van der Waals surface area contributed by atoms with Crippen molar-refractivity contribution in [2.75, 3.05) is 13.2 Å². The lowest BCUT2D eigenvalue weighted by Crippen LogP contribution is -2.28. The lowest BCUT2D eigenvalue weighted by Gasteiger charge is -2.18. The Labute approximate surface area is 189 Å². The van der Waals surface area contributed by atoms with E-state index in [4.69, 9.17) is 21.1 Å². The summed E-state index contributed by atoms with van der Waals surface area (Å²) in [6, 6.07) is 16.1. The molecule has 0 saturated heterocycles. The van der Waals surface area contributed by atoms with Crippen molar-refractivity contribution in [3.05, 3.63) is 94.3 Å². The molecule has 0 unspecified atom stereocenters. The number of carbonyl (C=O) groups excluding carboxylic acids is 1. The standard InChI is InChI=1S/C24H21ClFNO5/c1-15(19-4-2-3-5-20(19)24(29)30)27-23(28)21-14-16(25)6-11-22(21)32-13-12-31-18-9-7-17(26)8-10-18/h2-11,14-15H,12-13H2,1H3,(H,27,28)(H,29,30)/t15-/m0/s1. The molecule has 166 valence electrons. The summed E-state index contributed by atoms with van der Waals surface area (Å²) in [5, 5.41) is 12.5. The van der Waals surface area contributed by atoms with E-state index in [0.717, 1.165) is 0 Å². The van der Waals surface area contributed by atoms with E-state index in [1.165, 1.54) is 36.4 Å². The molecular weight excluding hydrogens is 437 g/mol. The lowest BCUT2D eigenvalue weighted by atomic mass is 10.0. The maximum absolute atomic E-state index is 13.0. The summed E-state index contributed by atoms with van der Waals surface area (Å²) in [6.45, 7) is 2.01. The molecule has 3 rings (SSSR count). The predicted octanol–water partition coefficient (Wildman–Crippen LogP) is 5.13. The first-order valence-electron chi connectivity index (χ1n) is 9.79. The molecule has 32 heavy (non-hydrogen) atoms. The number of carboxylic acids is 1. The van der Waals surface area contributed by atoms with Crippen LogP contribution in [0.3, 0.4) is 0 Å². The summed E-state index contributed by atoms with van der Waals surface area (Å²) in [7, 11) is 0. The number of hydrogen-bond donors (Lipinski definition) is 2. The quantitative estimate of drug-likeness (QED) is 0.435. The van der Waals surface area contributed by atoms with Crippen LogP contribution >= 0.6 is 11.6 Å². The van der Waals surface area contributed by atoms with E-state index < -0.39 is 17.9 Å². The van der Waals surface area contributed by atoms with Gasteiger partial charge in [-0.2, -0.15) is 0 Å². The molecule has 0 aliphatic heterocycles. The molecule has 8 heteroatoms. The molecule has 1 atom stereocenters. The highest BCUT2D eigenvalue weighted by atomic mass is 35.5. The molecule has 0 aromatic heterocycles. The molecule has 0 heterocycles. The Bertz CT molecular complexity index is 1100. The Balaban J connectivity index is 1.66. The second-order valence-electron chi connectivity index (χ2n) is 6.88. The number of ether oxygens (including phenoxy) is 2. The third kappa shape index (κ3) is 5.98. The minimum Gasteiger partial charge on any atom is -0.490 e. The summed E-state index contributed by atoms with van der Waals surface area (Å²) in [5.41, 5.74) is 0.797. The fraction of sp³-hybridized carbons (Fsp3) is 0.167. The Kier molecular flexibility index (Phi) is 7.68. The minimum atomic E-state index is -1.07. The lowest BCUT2D eigenvalue weighted by molar-refractivity contribution is 0.0693. The van der Waals surface area contributed by atoms with Crippen LogP contribution in [0.2, 0.25) is 5.02 Å². The van der Waals surface area contributed by atoms with Crippen molar-refractivity contribution in [3.8, 4) is 11.5 Å². The van der Waals surface area contributed by atoms with Crippen LogP contribution in [-0.4, -0.2) is 30.2 Å². The molecule has 1 amide bonds. The second-order valence-corrected chi connectivity index (χ2v) is 7.32. The highest BCUT2D eigenvalue weighted by molar-refractivity contribution is 6.31. The molecule has 2 N–H and O–H groups in total. The van der Waals surface area contributed by atoms with Gasteiger partial charge in [-0.3, -0.25) is 4.79 Å². The molecule has 3 aromatic rings. The molecule has 0 aliphatic rings. The summed E-state index contributed by atoms with van der Waals surface area (Å²) < 4.78 is 24.1. The average Bonchev–Trinajstić information content (AvgIpc) is 2.78. The van der Waals surface area contributed by atoms with Gasteiger partial charge in [0.05, 0.1) is 17.2 Å². The van der Waals surface area contributed by atoms with Gasteiger partial charge in [0.25, 0.3) is 5.91 Å². The molecule has 0 fully saturated rings. The number of halogens is 2. The maximum Gasteiger partial charge on any atom is 0.336 e. The van der Waals surface area contributed by atoms with E-state index in [-0.39, 0.29) is 30.2 Å². The van der Waals surface area contributed by atoms with Crippen molar-refractivity contribution in [1.29, 1.82) is 0 Å². The minimum absolute atomic E-state index is 0.112. The van der Waals surface area contributed by atoms with E-state index in [0.29, 0.717) is 22.1 Å². The molecule has 0 aliphatic carbocycles. The Hall–Kier alpha value is -3.58. The van der Waals surface area contributed by atoms with Crippen LogP contribution in [0.5, 0.6) is 11.5 Å². The van der Waals surface area contributed by atoms with Crippen LogP contribution in [0.1, 0.15) is 39.2 Å². The zero-order chi connectivity index (χ0) is 23.1. The highest BCUT2D eigenvalue weighted by Gasteiger charge is 2.20. The first-order valence-corrected chi connectivity index (χ1v) is 10.2. The topological polar surface area (TPSA) is 84.9 Å². The molecule has 0 saturated carbocycles. The van der Waals surface area contributed by atoms with Gasteiger partial charge < -0.3 is 19.9 Å². The van der Waals surface area contributed by atoms with Crippen LogP contribution in [-0.2, 0) is 0 Å². The SMILES string of the molecule is C[C@H](NC(=O)c1cc(Cl)ccc1OCCOc1ccc(F)cc1)c1ccccc1C(=O)O. The summed E-state index contributed by atoms with van der Waals surface area (Å²) >= 11 is 6.07.